The van der Waals surface area contributed by atoms with E-state index >= 15 is 0 Å². The number of aryl methyl sites for hydroxylation is 2. The largest absolute Gasteiger partial charge is 0.365 e. The predicted octanol–water partition coefficient (Wildman–Crippen LogP) is 6.29. The minimum atomic E-state index is 0.542. The molecule has 0 unspecified atom stereocenters. The summed E-state index contributed by atoms with van der Waals surface area (Å²) in [6.07, 6.45) is 1.75. The Bertz CT molecular complexity index is 1130. The number of nitrogens with one attached hydrogen (secondary N) is 1. The summed E-state index contributed by atoms with van der Waals surface area (Å²) < 4.78 is 0. The number of pyridine rings is 1. The van der Waals surface area contributed by atoms with Gasteiger partial charge in [0.05, 0.1) is 15.4 Å². The van der Waals surface area contributed by atoms with Crippen LogP contribution < -0.4 is 5.32 Å². The van der Waals surface area contributed by atoms with Crippen molar-refractivity contribution in [2.24, 2.45) is 0 Å². The number of nitrogens with zero attached hydrogens (tertiary/aromatic N) is 3. The molecule has 7 heteroatoms. The number of anilines is 1. The van der Waals surface area contributed by atoms with Gasteiger partial charge in [0.2, 0.25) is 0 Å². The van der Waals surface area contributed by atoms with Crippen LogP contribution in [-0.2, 0) is 6.54 Å². The highest BCUT2D eigenvalue weighted by Crippen LogP contribution is 2.35. The number of benzene rings is 1. The van der Waals surface area contributed by atoms with Crippen LogP contribution in [0.2, 0.25) is 10.0 Å². The summed E-state index contributed by atoms with van der Waals surface area (Å²) in [4.78, 5) is 16.1. The van der Waals surface area contributed by atoms with Crippen LogP contribution in [0.25, 0.3) is 21.7 Å². The molecule has 1 N–H and O–H groups in total. The van der Waals surface area contributed by atoms with E-state index in [-0.39, 0.29) is 0 Å². The fraction of sp³-hybridized carbons (Fsp3) is 0.150. The van der Waals surface area contributed by atoms with Crippen molar-refractivity contribution >= 4 is 50.6 Å². The van der Waals surface area contributed by atoms with E-state index in [1.165, 1.54) is 10.4 Å². The maximum Gasteiger partial charge on any atom is 0.181 e. The van der Waals surface area contributed by atoms with Crippen molar-refractivity contribution < 1.29 is 0 Å². The summed E-state index contributed by atoms with van der Waals surface area (Å²) in [6, 6.07) is 11.3. The van der Waals surface area contributed by atoms with E-state index in [1.54, 1.807) is 23.6 Å². The second-order valence-electron chi connectivity index (χ2n) is 6.18. The molecule has 0 bridgehead atoms. The molecule has 0 spiro atoms. The number of halogens is 2. The van der Waals surface area contributed by atoms with Gasteiger partial charge in [-0.2, -0.15) is 0 Å². The molecule has 0 saturated heterocycles. The highest BCUT2D eigenvalue weighted by atomic mass is 35.5. The fourth-order valence-electron chi connectivity index (χ4n) is 2.82. The summed E-state index contributed by atoms with van der Waals surface area (Å²) in [7, 11) is 0. The molecular weight excluding hydrogens is 399 g/mol. The number of rotatable bonds is 4. The molecule has 3 aromatic heterocycles. The molecule has 27 heavy (non-hydrogen) atoms. The Morgan fingerprint density at radius 1 is 1.04 bits per heavy atom. The smallest absolute Gasteiger partial charge is 0.181 e. The van der Waals surface area contributed by atoms with Gasteiger partial charge in [0, 0.05) is 17.6 Å². The molecule has 0 aliphatic carbocycles. The average molecular weight is 415 g/mol. The molecule has 0 aliphatic rings. The first-order chi connectivity index (χ1) is 13.0. The van der Waals surface area contributed by atoms with Crippen LogP contribution in [0.5, 0.6) is 0 Å². The zero-order valence-electron chi connectivity index (χ0n) is 14.8. The van der Waals surface area contributed by atoms with Gasteiger partial charge in [0.15, 0.2) is 5.82 Å². The highest BCUT2D eigenvalue weighted by Gasteiger charge is 2.16. The average Bonchev–Trinajstić information content (AvgIpc) is 2.97. The second kappa shape index (κ2) is 7.43. The Morgan fingerprint density at radius 3 is 2.63 bits per heavy atom. The van der Waals surface area contributed by atoms with Gasteiger partial charge in [0.25, 0.3) is 0 Å². The molecule has 1 aromatic carbocycles. The van der Waals surface area contributed by atoms with E-state index in [2.05, 4.69) is 24.1 Å². The lowest BCUT2D eigenvalue weighted by molar-refractivity contribution is 1.10. The standard InChI is InChI=1S/C20H16Cl2N4S/c1-11-12(2)27-20-17(11)19(24-10-13-6-7-14(21)15(22)9-13)25-18(26-20)16-5-3-4-8-23-16/h3-9H,10H2,1-2H3,(H,24,25,26). The lowest BCUT2D eigenvalue weighted by atomic mass is 10.2. The molecule has 0 fully saturated rings. The first kappa shape index (κ1) is 18.2. The van der Waals surface area contributed by atoms with E-state index in [4.69, 9.17) is 33.2 Å². The van der Waals surface area contributed by atoms with Crippen molar-refractivity contribution in [2.75, 3.05) is 5.32 Å². The Labute approximate surface area is 171 Å². The van der Waals surface area contributed by atoms with Crippen LogP contribution in [0.1, 0.15) is 16.0 Å². The molecule has 136 valence electrons. The SMILES string of the molecule is Cc1sc2nc(-c3ccccn3)nc(NCc3ccc(Cl)c(Cl)c3)c2c1C. The van der Waals surface area contributed by atoms with E-state index < -0.39 is 0 Å². The van der Waals surface area contributed by atoms with Crippen LogP contribution in [0.4, 0.5) is 5.82 Å². The topological polar surface area (TPSA) is 50.7 Å². The monoisotopic (exact) mass is 414 g/mol. The van der Waals surface area contributed by atoms with Gasteiger partial charge in [-0.1, -0.05) is 35.3 Å². The molecule has 4 aromatic rings. The second-order valence-corrected chi connectivity index (χ2v) is 8.19. The fourth-order valence-corrected chi connectivity index (χ4v) is 4.17. The summed E-state index contributed by atoms with van der Waals surface area (Å²) in [5.41, 5.74) is 2.97. The number of aromatic nitrogens is 3. The van der Waals surface area contributed by atoms with E-state index in [0.717, 1.165) is 27.3 Å². The minimum Gasteiger partial charge on any atom is -0.365 e. The van der Waals surface area contributed by atoms with Crippen LogP contribution >= 0.6 is 34.5 Å². The minimum absolute atomic E-state index is 0.542. The van der Waals surface area contributed by atoms with E-state index in [1.807, 2.05) is 30.3 Å². The number of fused-ring (bicyclic) bond motifs is 1. The third-order valence-electron chi connectivity index (χ3n) is 4.37. The third-order valence-corrected chi connectivity index (χ3v) is 6.21. The Kier molecular flexibility index (Phi) is 5.00. The lowest BCUT2D eigenvalue weighted by Gasteiger charge is -2.10. The first-order valence-corrected chi connectivity index (χ1v) is 9.97. The number of hydrogen-bond donors (Lipinski definition) is 1. The highest BCUT2D eigenvalue weighted by molar-refractivity contribution is 7.18. The number of hydrogen-bond acceptors (Lipinski definition) is 5. The van der Waals surface area contributed by atoms with Crippen molar-refractivity contribution in [3.63, 3.8) is 0 Å². The molecule has 0 aliphatic heterocycles. The molecule has 0 amide bonds. The zero-order chi connectivity index (χ0) is 19.0. The molecule has 0 atom stereocenters. The van der Waals surface area contributed by atoms with Crippen LogP contribution in [0.15, 0.2) is 42.6 Å². The van der Waals surface area contributed by atoms with Crippen LogP contribution in [0.3, 0.4) is 0 Å². The van der Waals surface area contributed by atoms with Crippen molar-refractivity contribution in [1.29, 1.82) is 0 Å². The van der Waals surface area contributed by atoms with Gasteiger partial charge >= 0.3 is 0 Å². The molecule has 0 radical (unpaired) electrons. The van der Waals surface area contributed by atoms with Gasteiger partial charge in [-0.25, -0.2) is 9.97 Å². The lowest BCUT2D eigenvalue weighted by Crippen LogP contribution is -2.04. The Hall–Kier alpha value is -2.21. The third kappa shape index (κ3) is 3.63. The van der Waals surface area contributed by atoms with Crippen molar-refractivity contribution in [1.82, 2.24) is 15.0 Å². The van der Waals surface area contributed by atoms with Gasteiger partial charge in [-0.15, -0.1) is 11.3 Å². The number of thiophene rings is 1. The maximum atomic E-state index is 6.13. The molecule has 4 nitrogen and oxygen atoms in total. The molecule has 4 rings (SSSR count). The van der Waals surface area contributed by atoms with Crippen molar-refractivity contribution in [3.8, 4) is 11.5 Å². The van der Waals surface area contributed by atoms with Gasteiger partial charge in [0.1, 0.15) is 16.3 Å². The van der Waals surface area contributed by atoms with Crippen LogP contribution in [0, 0.1) is 13.8 Å². The molecular formula is C20H16Cl2N4S. The summed E-state index contributed by atoms with van der Waals surface area (Å²) in [5, 5.41) is 5.58. The quantitative estimate of drug-likeness (QED) is 0.426. The van der Waals surface area contributed by atoms with Crippen molar-refractivity contribution in [3.05, 3.63) is 68.6 Å². The van der Waals surface area contributed by atoms with Crippen molar-refractivity contribution in [2.45, 2.75) is 20.4 Å². The summed E-state index contributed by atoms with van der Waals surface area (Å²) >= 11 is 13.8. The van der Waals surface area contributed by atoms with Crippen LogP contribution in [-0.4, -0.2) is 15.0 Å². The van der Waals surface area contributed by atoms with E-state index in [9.17, 15) is 0 Å². The summed E-state index contributed by atoms with van der Waals surface area (Å²) in [5.74, 6) is 1.41. The Balaban J connectivity index is 1.76. The first-order valence-electron chi connectivity index (χ1n) is 8.40. The molecule has 0 saturated carbocycles. The van der Waals surface area contributed by atoms with E-state index in [0.29, 0.717) is 22.4 Å². The normalized spacial score (nSPS) is 11.1. The predicted molar refractivity (Wildman–Crippen MR) is 114 cm³/mol. The van der Waals surface area contributed by atoms with Gasteiger partial charge in [-0.3, -0.25) is 4.98 Å². The maximum absolute atomic E-state index is 6.13. The summed E-state index contributed by atoms with van der Waals surface area (Å²) in [6.45, 7) is 4.78. The Morgan fingerprint density at radius 2 is 1.89 bits per heavy atom. The zero-order valence-corrected chi connectivity index (χ0v) is 17.1. The molecule has 3 heterocycles. The van der Waals surface area contributed by atoms with Gasteiger partial charge in [-0.05, 0) is 49.2 Å². The van der Waals surface area contributed by atoms with Gasteiger partial charge < -0.3 is 5.32 Å².